The quantitative estimate of drug-likeness (QED) is 0.549. The molecule has 0 amide bonds. The summed E-state index contributed by atoms with van der Waals surface area (Å²) >= 11 is 0. The number of hydrogen-bond acceptors (Lipinski definition) is 4. The molecule has 0 spiro atoms. The molecule has 0 aliphatic rings. The van der Waals surface area contributed by atoms with E-state index in [1.165, 1.54) is 10.4 Å². The van der Waals surface area contributed by atoms with Crippen LogP contribution in [0, 0.1) is 0 Å². The first-order chi connectivity index (χ1) is 6.50. The maximum atomic E-state index is 11.7. The molecule has 0 fully saturated rings. The Hall–Kier alpha value is -0.430. The summed E-state index contributed by atoms with van der Waals surface area (Å²) in [4.78, 5) is 0. The molecule has 0 aromatic rings. The number of rotatable bonds is 7. The van der Waals surface area contributed by atoms with Crippen LogP contribution >= 0.6 is 0 Å². The normalized spacial score (nSPS) is 14.3. The molecule has 0 aliphatic heterocycles. The van der Waals surface area contributed by atoms with Crippen LogP contribution in [0.3, 0.4) is 0 Å². The molecule has 0 bridgehead atoms. The van der Waals surface area contributed by atoms with E-state index >= 15 is 0 Å². The van der Waals surface area contributed by atoms with Gasteiger partial charge in [0.05, 0.1) is 11.9 Å². The van der Waals surface area contributed by atoms with Gasteiger partial charge in [-0.2, -0.15) is 4.31 Å². The van der Waals surface area contributed by atoms with Gasteiger partial charge in [-0.1, -0.05) is 6.08 Å². The number of aliphatic hydroxyl groups excluding tert-OH is 1. The second kappa shape index (κ2) is 6.13. The van der Waals surface area contributed by atoms with Gasteiger partial charge in [0.1, 0.15) is 0 Å². The Labute approximate surface area is 85.3 Å². The fourth-order valence-electron chi connectivity index (χ4n) is 0.954. The van der Waals surface area contributed by atoms with Gasteiger partial charge in [-0.3, -0.25) is 0 Å². The van der Waals surface area contributed by atoms with E-state index in [1.807, 2.05) is 0 Å². The van der Waals surface area contributed by atoms with E-state index in [0.717, 1.165) is 0 Å². The van der Waals surface area contributed by atoms with E-state index in [2.05, 4.69) is 6.58 Å². The summed E-state index contributed by atoms with van der Waals surface area (Å²) in [6.07, 6.45) is 1.48. The number of aliphatic hydroxyl groups is 1. The monoisotopic (exact) mass is 222 g/mol. The van der Waals surface area contributed by atoms with E-state index in [9.17, 15) is 8.42 Å². The first-order valence-corrected chi connectivity index (χ1v) is 5.91. The van der Waals surface area contributed by atoms with Crippen molar-refractivity contribution in [2.75, 3.05) is 26.2 Å². The summed E-state index contributed by atoms with van der Waals surface area (Å²) in [5, 5.41) is 8.08. The van der Waals surface area contributed by atoms with Gasteiger partial charge in [-0.25, -0.2) is 8.42 Å². The molecule has 1 atom stereocenters. The Kier molecular flexibility index (Phi) is 5.94. The highest BCUT2D eigenvalue weighted by molar-refractivity contribution is 7.89. The Balaban J connectivity index is 4.70. The molecule has 3 N–H and O–H groups in total. The molecular formula is C8H18N2O3S. The molecule has 0 radical (unpaired) electrons. The van der Waals surface area contributed by atoms with Gasteiger partial charge in [0.25, 0.3) is 0 Å². The zero-order valence-electron chi connectivity index (χ0n) is 8.39. The zero-order chi connectivity index (χ0) is 11.2. The predicted molar refractivity (Wildman–Crippen MR) is 56.3 cm³/mol. The highest BCUT2D eigenvalue weighted by Gasteiger charge is 2.26. The van der Waals surface area contributed by atoms with Crippen molar-refractivity contribution < 1.29 is 13.5 Å². The van der Waals surface area contributed by atoms with Crippen LogP contribution in [0.2, 0.25) is 0 Å². The molecule has 14 heavy (non-hydrogen) atoms. The SMILES string of the molecule is C=CCN(CCO)S(=O)(=O)C(C)CN. The second-order valence-corrected chi connectivity index (χ2v) is 5.31. The van der Waals surface area contributed by atoms with Gasteiger partial charge in [0, 0.05) is 19.6 Å². The van der Waals surface area contributed by atoms with Crippen LogP contribution in [-0.4, -0.2) is 49.3 Å². The van der Waals surface area contributed by atoms with Crippen molar-refractivity contribution in [2.45, 2.75) is 12.2 Å². The van der Waals surface area contributed by atoms with Gasteiger partial charge in [0.15, 0.2) is 0 Å². The lowest BCUT2D eigenvalue weighted by molar-refractivity contribution is 0.259. The maximum absolute atomic E-state index is 11.7. The average molecular weight is 222 g/mol. The van der Waals surface area contributed by atoms with Crippen molar-refractivity contribution in [3.63, 3.8) is 0 Å². The molecule has 6 heteroatoms. The van der Waals surface area contributed by atoms with Gasteiger partial charge in [-0.05, 0) is 6.92 Å². The average Bonchev–Trinajstić information content (AvgIpc) is 2.16. The number of nitrogens with two attached hydrogens (primary N) is 1. The molecule has 0 saturated heterocycles. The van der Waals surface area contributed by atoms with E-state index in [-0.39, 0.29) is 26.2 Å². The van der Waals surface area contributed by atoms with E-state index in [4.69, 9.17) is 10.8 Å². The lowest BCUT2D eigenvalue weighted by Crippen LogP contribution is -2.42. The van der Waals surface area contributed by atoms with Crippen LogP contribution in [0.4, 0.5) is 0 Å². The van der Waals surface area contributed by atoms with Crippen molar-refractivity contribution in [3.8, 4) is 0 Å². The van der Waals surface area contributed by atoms with Crippen LogP contribution in [0.1, 0.15) is 6.92 Å². The van der Waals surface area contributed by atoms with E-state index in [0.29, 0.717) is 0 Å². The van der Waals surface area contributed by atoms with Gasteiger partial charge in [-0.15, -0.1) is 6.58 Å². The van der Waals surface area contributed by atoms with Gasteiger partial charge in [0.2, 0.25) is 10.0 Å². The third-order valence-corrected chi connectivity index (χ3v) is 4.14. The largest absolute Gasteiger partial charge is 0.395 e. The molecule has 0 aromatic carbocycles. The summed E-state index contributed by atoms with van der Waals surface area (Å²) in [6, 6.07) is 0. The molecule has 1 unspecified atom stereocenters. The lowest BCUT2D eigenvalue weighted by atomic mass is 10.5. The van der Waals surface area contributed by atoms with Crippen molar-refractivity contribution >= 4 is 10.0 Å². The number of nitrogens with zero attached hydrogens (tertiary/aromatic N) is 1. The summed E-state index contributed by atoms with van der Waals surface area (Å²) in [6.45, 7) is 5.16. The number of sulfonamides is 1. The van der Waals surface area contributed by atoms with Gasteiger partial charge < -0.3 is 10.8 Å². The minimum absolute atomic E-state index is 0.0708. The van der Waals surface area contributed by atoms with Crippen LogP contribution in [0.25, 0.3) is 0 Å². The van der Waals surface area contributed by atoms with E-state index in [1.54, 1.807) is 6.92 Å². The predicted octanol–water partition coefficient (Wildman–Crippen LogP) is -0.856. The van der Waals surface area contributed by atoms with Crippen molar-refractivity contribution in [3.05, 3.63) is 12.7 Å². The van der Waals surface area contributed by atoms with Crippen LogP contribution in [-0.2, 0) is 10.0 Å². The molecule has 0 heterocycles. The topological polar surface area (TPSA) is 83.6 Å². The molecule has 0 aliphatic carbocycles. The first kappa shape index (κ1) is 13.6. The Morgan fingerprint density at radius 2 is 2.21 bits per heavy atom. The fourth-order valence-corrected chi connectivity index (χ4v) is 2.36. The van der Waals surface area contributed by atoms with Crippen molar-refractivity contribution in [1.29, 1.82) is 0 Å². The standard InChI is InChI=1S/C8H18N2O3S/c1-3-4-10(5-6-11)14(12,13)8(2)7-9/h3,8,11H,1,4-7,9H2,2H3. The molecule has 84 valence electrons. The number of hydrogen-bond donors (Lipinski definition) is 2. The highest BCUT2D eigenvalue weighted by Crippen LogP contribution is 2.07. The fraction of sp³-hybridized carbons (Fsp3) is 0.750. The highest BCUT2D eigenvalue weighted by atomic mass is 32.2. The first-order valence-electron chi connectivity index (χ1n) is 4.41. The minimum Gasteiger partial charge on any atom is -0.395 e. The third-order valence-electron chi connectivity index (χ3n) is 1.88. The summed E-state index contributed by atoms with van der Waals surface area (Å²) in [5.41, 5.74) is 5.29. The molecule has 0 rings (SSSR count). The Morgan fingerprint density at radius 1 is 1.64 bits per heavy atom. The third kappa shape index (κ3) is 3.38. The summed E-state index contributed by atoms with van der Waals surface area (Å²) < 4.78 is 24.6. The smallest absolute Gasteiger partial charge is 0.218 e. The van der Waals surface area contributed by atoms with Crippen LogP contribution in [0.5, 0.6) is 0 Å². The Bertz CT molecular complexity index is 264. The molecule has 5 nitrogen and oxygen atoms in total. The lowest BCUT2D eigenvalue weighted by Gasteiger charge is -2.23. The second-order valence-electron chi connectivity index (χ2n) is 2.96. The van der Waals surface area contributed by atoms with Crippen LogP contribution < -0.4 is 5.73 Å². The van der Waals surface area contributed by atoms with Crippen LogP contribution in [0.15, 0.2) is 12.7 Å². The summed E-state index contributed by atoms with van der Waals surface area (Å²) in [7, 11) is -3.40. The summed E-state index contributed by atoms with van der Waals surface area (Å²) in [5.74, 6) is 0. The minimum atomic E-state index is -3.40. The zero-order valence-corrected chi connectivity index (χ0v) is 9.20. The Morgan fingerprint density at radius 3 is 2.57 bits per heavy atom. The van der Waals surface area contributed by atoms with E-state index < -0.39 is 15.3 Å². The molecule has 0 saturated carbocycles. The molecule has 0 aromatic heterocycles. The van der Waals surface area contributed by atoms with Gasteiger partial charge >= 0.3 is 0 Å². The molecular weight excluding hydrogens is 204 g/mol. The van der Waals surface area contributed by atoms with Crippen molar-refractivity contribution in [1.82, 2.24) is 4.31 Å². The maximum Gasteiger partial charge on any atom is 0.218 e. The van der Waals surface area contributed by atoms with Crippen molar-refractivity contribution in [2.24, 2.45) is 5.73 Å².